The fraction of sp³-hybridized carbons (Fsp3) is 0.500. The Balaban J connectivity index is 1.89. The first-order chi connectivity index (χ1) is 12.4. The maximum Gasteiger partial charge on any atom is 0.333 e. The van der Waals surface area contributed by atoms with E-state index in [9.17, 15) is 19.2 Å². The van der Waals surface area contributed by atoms with Crippen molar-refractivity contribution in [1.29, 1.82) is 0 Å². The molecular formula is C20H24N2O4. The number of nitrogens with zero attached hydrogens (tertiary/aromatic N) is 2. The van der Waals surface area contributed by atoms with Crippen LogP contribution in [0.2, 0.25) is 0 Å². The molecular weight excluding hydrogens is 332 g/mol. The van der Waals surface area contributed by atoms with Gasteiger partial charge in [-0.25, -0.2) is 4.79 Å². The van der Waals surface area contributed by atoms with Crippen molar-refractivity contribution in [3.8, 4) is 0 Å². The van der Waals surface area contributed by atoms with Gasteiger partial charge < -0.3 is 0 Å². The Kier molecular flexibility index (Phi) is 4.94. The molecule has 1 unspecified atom stereocenters. The molecule has 0 spiro atoms. The first-order valence-corrected chi connectivity index (χ1v) is 9.09. The summed E-state index contributed by atoms with van der Waals surface area (Å²) in [6.45, 7) is 1.29. The number of ketones is 1. The van der Waals surface area contributed by atoms with Gasteiger partial charge in [0.2, 0.25) is 11.8 Å². The van der Waals surface area contributed by atoms with Gasteiger partial charge in [0.05, 0.1) is 6.54 Å². The minimum absolute atomic E-state index is 0.0962. The molecule has 6 nitrogen and oxygen atoms in total. The number of imide groups is 2. The molecule has 2 fully saturated rings. The Morgan fingerprint density at radius 1 is 1.04 bits per heavy atom. The SMILES string of the molecule is CN1C(=O)N(CC(=O)c2ccccc2)C(=O)C(C)(C2CCCCC2)C1=O. The van der Waals surface area contributed by atoms with Crippen LogP contribution < -0.4 is 0 Å². The van der Waals surface area contributed by atoms with Crippen LogP contribution in [0, 0.1) is 11.3 Å². The summed E-state index contributed by atoms with van der Waals surface area (Å²) in [5.74, 6) is -1.41. The molecule has 2 aliphatic rings. The van der Waals surface area contributed by atoms with E-state index in [-0.39, 0.29) is 18.2 Å². The lowest BCUT2D eigenvalue weighted by atomic mass is 9.67. The van der Waals surface area contributed by atoms with E-state index in [2.05, 4.69) is 0 Å². The van der Waals surface area contributed by atoms with Crippen LogP contribution in [0.3, 0.4) is 0 Å². The average molecular weight is 356 g/mol. The number of carbonyl (C=O) groups excluding carboxylic acids is 4. The van der Waals surface area contributed by atoms with Gasteiger partial charge in [0.25, 0.3) is 0 Å². The molecule has 26 heavy (non-hydrogen) atoms. The lowest BCUT2D eigenvalue weighted by molar-refractivity contribution is -0.161. The quantitative estimate of drug-likeness (QED) is 0.614. The summed E-state index contributed by atoms with van der Waals surface area (Å²) in [4.78, 5) is 53.0. The number of urea groups is 1. The van der Waals surface area contributed by atoms with E-state index in [0.29, 0.717) is 5.56 Å². The van der Waals surface area contributed by atoms with Crippen LogP contribution in [0.5, 0.6) is 0 Å². The number of carbonyl (C=O) groups is 4. The number of hydrogen-bond donors (Lipinski definition) is 0. The first-order valence-electron chi connectivity index (χ1n) is 9.09. The largest absolute Gasteiger partial charge is 0.333 e. The molecule has 1 aliphatic heterocycles. The van der Waals surface area contributed by atoms with Gasteiger partial charge in [0, 0.05) is 12.6 Å². The second-order valence-corrected chi connectivity index (χ2v) is 7.36. The third-order valence-electron chi connectivity index (χ3n) is 5.78. The second-order valence-electron chi connectivity index (χ2n) is 7.36. The van der Waals surface area contributed by atoms with Crippen molar-refractivity contribution in [3.63, 3.8) is 0 Å². The normalized spacial score (nSPS) is 24.9. The lowest BCUT2D eigenvalue weighted by Gasteiger charge is -2.45. The molecule has 6 heteroatoms. The molecule has 4 amide bonds. The molecule has 138 valence electrons. The third-order valence-corrected chi connectivity index (χ3v) is 5.78. The summed E-state index contributed by atoms with van der Waals surface area (Å²) < 4.78 is 0. The Hall–Kier alpha value is -2.50. The number of Topliss-reactive ketones (excluding diaryl/α,β-unsaturated/α-hetero) is 1. The van der Waals surface area contributed by atoms with E-state index in [1.165, 1.54) is 7.05 Å². The average Bonchev–Trinajstić information content (AvgIpc) is 2.69. The van der Waals surface area contributed by atoms with Gasteiger partial charge in [-0.2, -0.15) is 0 Å². The molecule has 3 rings (SSSR count). The molecule has 0 radical (unpaired) electrons. The van der Waals surface area contributed by atoms with Crippen LogP contribution in [0.4, 0.5) is 4.79 Å². The molecule has 1 aromatic carbocycles. The van der Waals surface area contributed by atoms with Gasteiger partial charge in [0.15, 0.2) is 5.78 Å². The summed E-state index contributed by atoms with van der Waals surface area (Å²) in [5.41, 5.74) is -0.841. The van der Waals surface area contributed by atoms with E-state index >= 15 is 0 Å². The van der Waals surface area contributed by atoms with Gasteiger partial charge in [0.1, 0.15) is 5.41 Å². The van der Waals surface area contributed by atoms with Gasteiger partial charge in [-0.3, -0.25) is 24.2 Å². The summed E-state index contributed by atoms with van der Waals surface area (Å²) in [6, 6.07) is 7.83. The van der Waals surface area contributed by atoms with Crippen molar-refractivity contribution in [2.75, 3.05) is 13.6 Å². The van der Waals surface area contributed by atoms with Crippen molar-refractivity contribution >= 4 is 23.6 Å². The fourth-order valence-corrected chi connectivity index (χ4v) is 4.10. The number of rotatable bonds is 4. The van der Waals surface area contributed by atoms with E-state index in [1.807, 2.05) is 0 Å². The van der Waals surface area contributed by atoms with Gasteiger partial charge >= 0.3 is 6.03 Å². The van der Waals surface area contributed by atoms with Crippen LogP contribution >= 0.6 is 0 Å². The Morgan fingerprint density at radius 3 is 2.27 bits per heavy atom. The Bertz CT molecular complexity index is 739. The predicted octanol–water partition coefficient (Wildman–Crippen LogP) is 2.88. The summed E-state index contributed by atoms with van der Waals surface area (Å²) in [5, 5.41) is 0. The summed E-state index contributed by atoms with van der Waals surface area (Å²) in [6.07, 6.45) is 4.62. The smallest absolute Gasteiger partial charge is 0.292 e. The standard InChI is InChI=1S/C20H24N2O4/c1-20(15-11-7-4-8-12-15)17(24)21(2)19(26)22(18(20)25)13-16(23)14-9-5-3-6-10-14/h3,5-6,9-10,15H,4,7-8,11-13H2,1-2H3. The van der Waals surface area contributed by atoms with Gasteiger partial charge in [-0.15, -0.1) is 0 Å². The third kappa shape index (κ3) is 2.93. The molecule has 0 N–H and O–H groups in total. The molecule has 0 aromatic heterocycles. The van der Waals surface area contributed by atoms with Crippen molar-refractivity contribution < 1.29 is 19.2 Å². The number of barbiturate groups is 1. The van der Waals surface area contributed by atoms with Crippen molar-refractivity contribution in [2.45, 2.75) is 39.0 Å². The Morgan fingerprint density at radius 2 is 1.65 bits per heavy atom. The fourth-order valence-electron chi connectivity index (χ4n) is 4.10. The maximum absolute atomic E-state index is 13.2. The molecule has 1 saturated carbocycles. The van der Waals surface area contributed by atoms with Crippen LogP contribution in [0.25, 0.3) is 0 Å². The number of amides is 4. The van der Waals surface area contributed by atoms with Crippen molar-refractivity contribution in [2.24, 2.45) is 11.3 Å². The second kappa shape index (κ2) is 7.02. The highest BCUT2D eigenvalue weighted by molar-refractivity contribution is 6.20. The highest BCUT2D eigenvalue weighted by Gasteiger charge is 2.57. The van der Waals surface area contributed by atoms with Crippen LogP contribution in [0.1, 0.15) is 49.4 Å². The zero-order valence-corrected chi connectivity index (χ0v) is 15.2. The zero-order chi connectivity index (χ0) is 18.9. The van der Waals surface area contributed by atoms with Crippen LogP contribution in [-0.4, -0.2) is 47.0 Å². The number of benzene rings is 1. The zero-order valence-electron chi connectivity index (χ0n) is 15.2. The minimum Gasteiger partial charge on any atom is -0.292 e. The lowest BCUT2D eigenvalue weighted by Crippen LogP contribution is -2.66. The van der Waals surface area contributed by atoms with E-state index in [4.69, 9.17) is 0 Å². The first kappa shape index (κ1) is 18.3. The topological polar surface area (TPSA) is 74.8 Å². The summed E-state index contributed by atoms with van der Waals surface area (Å²) >= 11 is 0. The van der Waals surface area contributed by atoms with Crippen LogP contribution in [-0.2, 0) is 9.59 Å². The van der Waals surface area contributed by atoms with Crippen molar-refractivity contribution in [1.82, 2.24) is 9.80 Å². The molecule has 1 saturated heterocycles. The van der Waals surface area contributed by atoms with Crippen molar-refractivity contribution in [3.05, 3.63) is 35.9 Å². The van der Waals surface area contributed by atoms with Gasteiger partial charge in [-0.05, 0) is 25.7 Å². The number of hydrogen-bond acceptors (Lipinski definition) is 4. The Labute approximate surface area is 153 Å². The van der Waals surface area contributed by atoms with Crippen LogP contribution in [0.15, 0.2) is 30.3 Å². The van der Waals surface area contributed by atoms with Gasteiger partial charge in [-0.1, -0.05) is 49.6 Å². The highest BCUT2D eigenvalue weighted by Crippen LogP contribution is 2.43. The molecule has 0 bridgehead atoms. The summed E-state index contributed by atoms with van der Waals surface area (Å²) in [7, 11) is 1.39. The predicted molar refractivity (Wildman–Crippen MR) is 95.3 cm³/mol. The monoisotopic (exact) mass is 356 g/mol. The molecule has 1 aromatic rings. The molecule has 1 aliphatic carbocycles. The van der Waals surface area contributed by atoms with E-state index in [0.717, 1.165) is 41.9 Å². The van der Waals surface area contributed by atoms with E-state index < -0.39 is 23.3 Å². The molecule has 1 heterocycles. The van der Waals surface area contributed by atoms with E-state index in [1.54, 1.807) is 37.3 Å². The maximum atomic E-state index is 13.2. The molecule has 1 atom stereocenters. The minimum atomic E-state index is -1.28. The highest BCUT2D eigenvalue weighted by atomic mass is 16.2.